The van der Waals surface area contributed by atoms with E-state index in [-0.39, 0.29) is 11.8 Å². The molecule has 1 atom stereocenters. The van der Waals surface area contributed by atoms with E-state index in [2.05, 4.69) is 20.8 Å². The minimum Gasteiger partial charge on any atom is -0.493 e. The molecule has 2 aromatic carbocycles. The van der Waals surface area contributed by atoms with Crippen LogP contribution in [0.3, 0.4) is 0 Å². The first-order valence-electron chi connectivity index (χ1n) is 10.9. The summed E-state index contributed by atoms with van der Waals surface area (Å²) in [6.45, 7) is 3.30. The van der Waals surface area contributed by atoms with Gasteiger partial charge >= 0.3 is 0 Å². The van der Waals surface area contributed by atoms with Crippen molar-refractivity contribution in [2.45, 2.75) is 43.0 Å². The van der Waals surface area contributed by atoms with Crippen molar-refractivity contribution in [3.05, 3.63) is 48.3 Å². The van der Waals surface area contributed by atoms with Crippen molar-refractivity contribution in [1.82, 2.24) is 14.8 Å². The summed E-state index contributed by atoms with van der Waals surface area (Å²) >= 11 is 1.33. The molecule has 34 heavy (non-hydrogen) atoms. The molecule has 0 radical (unpaired) electrons. The maximum Gasteiger partial charge on any atom is 0.237 e. The second-order valence-electron chi connectivity index (χ2n) is 8.00. The number of benzene rings is 2. The zero-order chi connectivity index (χ0) is 24.2. The quantitative estimate of drug-likeness (QED) is 0.440. The average molecular weight is 482 g/mol. The molecule has 0 spiro atoms. The first-order chi connectivity index (χ1) is 16.4. The Balaban J connectivity index is 1.55. The highest BCUT2D eigenvalue weighted by Gasteiger charge is 2.32. The van der Waals surface area contributed by atoms with Gasteiger partial charge in [-0.3, -0.25) is 14.2 Å². The van der Waals surface area contributed by atoms with E-state index in [1.165, 1.54) is 18.7 Å². The Morgan fingerprint density at radius 2 is 1.76 bits per heavy atom. The van der Waals surface area contributed by atoms with Gasteiger partial charge in [0.05, 0.1) is 25.2 Å². The molecule has 9 nitrogen and oxygen atoms in total. The van der Waals surface area contributed by atoms with Gasteiger partial charge in [-0.15, -0.1) is 10.2 Å². The van der Waals surface area contributed by atoms with Gasteiger partial charge in [-0.25, -0.2) is 0 Å². The average Bonchev–Trinajstić information content (AvgIpc) is 3.58. The van der Waals surface area contributed by atoms with Crippen LogP contribution in [0.4, 0.5) is 11.4 Å². The molecule has 178 valence electrons. The van der Waals surface area contributed by atoms with Gasteiger partial charge in [0.1, 0.15) is 5.82 Å². The van der Waals surface area contributed by atoms with E-state index in [0.717, 1.165) is 24.4 Å². The summed E-state index contributed by atoms with van der Waals surface area (Å²) in [5.74, 6) is 2.03. The normalized spacial score (nSPS) is 13.8. The van der Waals surface area contributed by atoms with Crippen LogP contribution >= 0.6 is 11.8 Å². The molecule has 2 amide bonds. The highest BCUT2D eigenvalue weighted by Crippen LogP contribution is 2.41. The fourth-order valence-electron chi connectivity index (χ4n) is 3.50. The summed E-state index contributed by atoms with van der Waals surface area (Å²) in [4.78, 5) is 24.4. The minimum absolute atomic E-state index is 0.140. The van der Waals surface area contributed by atoms with Crippen molar-refractivity contribution in [2.75, 3.05) is 24.9 Å². The van der Waals surface area contributed by atoms with Gasteiger partial charge in [0.15, 0.2) is 16.7 Å². The number of ether oxygens (including phenoxy) is 2. The van der Waals surface area contributed by atoms with Crippen molar-refractivity contribution in [3.8, 4) is 17.2 Å². The molecule has 1 unspecified atom stereocenters. The molecule has 0 saturated heterocycles. The van der Waals surface area contributed by atoms with Crippen LogP contribution in [0.2, 0.25) is 0 Å². The fourth-order valence-corrected chi connectivity index (χ4v) is 4.38. The molecule has 10 heteroatoms. The Labute approximate surface area is 202 Å². The molecule has 1 fully saturated rings. The summed E-state index contributed by atoms with van der Waals surface area (Å²) in [6, 6.07) is 12.8. The minimum atomic E-state index is -0.443. The van der Waals surface area contributed by atoms with Gasteiger partial charge in [0, 0.05) is 30.3 Å². The molecule has 1 aromatic heterocycles. The lowest BCUT2D eigenvalue weighted by Crippen LogP contribution is -2.23. The predicted molar refractivity (Wildman–Crippen MR) is 131 cm³/mol. The highest BCUT2D eigenvalue weighted by atomic mass is 32.2. The Bertz CT molecular complexity index is 1210. The lowest BCUT2D eigenvalue weighted by molar-refractivity contribution is -0.115. The third kappa shape index (κ3) is 5.33. The number of nitrogens with one attached hydrogen (secondary N) is 2. The van der Waals surface area contributed by atoms with Crippen molar-refractivity contribution in [2.24, 2.45) is 0 Å². The largest absolute Gasteiger partial charge is 0.493 e. The van der Waals surface area contributed by atoms with Crippen molar-refractivity contribution >= 4 is 35.0 Å². The zero-order valence-electron chi connectivity index (χ0n) is 19.5. The van der Waals surface area contributed by atoms with Gasteiger partial charge in [-0.2, -0.15) is 0 Å². The van der Waals surface area contributed by atoms with E-state index in [0.29, 0.717) is 33.9 Å². The van der Waals surface area contributed by atoms with Crippen molar-refractivity contribution < 1.29 is 19.1 Å². The number of amides is 2. The standard InChI is InChI=1S/C24H27N5O4S/c1-14(23(31)26-18-10-11-20(32-3)21(13-18)33-4)34-24-28-27-22(16-8-9-16)29(24)19-7-5-6-17(12-19)25-15(2)30/h5-7,10-14,16H,8-9H2,1-4H3,(H,25,30)(H,26,31). The maximum atomic E-state index is 12.9. The predicted octanol–water partition coefficient (Wildman–Crippen LogP) is 4.24. The van der Waals surface area contributed by atoms with Crippen LogP contribution in [0.1, 0.15) is 38.4 Å². The van der Waals surface area contributed by atoms with Crippen LogP contribution in [0, 0.1) is 0 Å². The molecule has 1 aliphatic carbocycles. The second-order valence-corrected chi connectivity index (χ2v) is 9.31. The number of carbonyl (C=O) groups excluding carboxylic acids is 2. The third-order valence-electron chi connectivity index (χ3n) is 5.33. The number of thioether (sulfide) groups is 1. The summed E-state index contributed by atoms with van der Waals surface area (Å²) in [7, 11) is 3.11. The highest BCUT2D eigenvalue weighted by molar-refractivity contribution is 8.00. The van der Waals surface area contributed by atoms with Crippen LogP contribution in [-0.2, 0) is 9.59 Å². The molecule has 3 aromatic rings. The van der Waals surface area contributed by atoms with Gasteiger partial charge in [-0.1, -0.05) is 17.8 Å². The Morgan fingerprint density at radius 3 is 2.44 bits per heavy atom. The molecule has 0 aliphatic heterocycles. The zero-order valence-corrected chi connectivity index (χ0v) is 20.3. The van der Waals surface area contributed by atoms with Crippen LogP contribution in [-0.4, -0.2) is 46.0 Å². The maximum absolute atomic E-state index is 12.9. The molecule has 1 aliphatic rings. The number of nitrogens with zero attached hydrogens (tertiary/aromatic N) is 3. The van der Waals surface area contributed by atoms with Crippen LogP contribution in [0.25, 0.3) is 5.69 Å². The molecular formula is C24H27N5O4S. The molecule has 0 bridgehead atoms. The van der Waals surface area contributed by atoms with Gasteiger partial charge in [-0.05, 0) is 50.1 Å². The van der Waals surface area contributed by atoms with Crippen molar-refractivity contribution in [3.63, 3.8) is 0 Å². The van der Waals surface area contributed by atoms with E-state index in [4.69, 9.17) is 9.47 Å². The van der Waals surface area contributed by atoms with E-state index in [1.54, 1.807) is 32.4 Å². The first kappa shape index (κ1) is 23.6. The number of aromatic nitrogens is 3. The molecule has 2 N–H and O–H groups in total. The summed E-state index contributed by atoms with van der Waals surface area (Å²) in [5, 5.41) is 14.7. The summed E-state index contributed by atoms with van der Waals surface area (Å²) in [6.07, 6.45) is 2.12. The lowest BCUT2D eigenvalue weighted by Gasteiger charge is -2.15. The first-order valence-corrected chi connectivity index (χ1v) is 11.8. The van der Waals surface area contributed by atoms with Gasteiger partial charge in [0.2, 0.25) is 11.8 Å². The summed E-state index contributed by atoms with van der Waals surface area (Å²) in [5.41, 5.74) is 2.14. The molecule has 1 saturated carbocycles. The van der Waals surface area contributed by atoms with E-state index in [9.17, 15) is 9.59 Å². The van der Waals surface area contributed by atoms with Crippen LogP contribution < -0.4 is 20.1 Å². The number of hydrogen-bond donors (Lipinski definition) is 2. The molecule has 1 heterocycles. The Hall–Kier alpha value is -3.53. The number of carbonyl (C=O) groups is 2. The number of anilines is 2. The number of hydrogen-bond acceptors (Lipinski definition) is 7. The van der Waals surface area contributed by atoms with E-state index < -0.39 is 5.25 Å². The SMILES string of the molecule is COc1ccc(NC(=O)C(C)Sc2nnc(C3CC3)n2-c2cccc(NC(C)=O)c2)cc1OC. The smallest absolute Gasteiger partial charge is 0.237 e. The van der Waals surface area contributed by atoms with E-state index in [1.807, 2.05) is 35.8 Å². The van der Waals surface area contributed by atoms with Crippen molar-refractivity contribution in [1.29, 1.82) is 0 Å². The molecule has 4 rings (SSSR count). The Morgan fingerprint density at radius 1 is 1.03 bits per heavy atom. The lowest BCUT2D eigenvalue weighted by atomic mass is 10.2. The molecular weight excluding hydrogens is 454 g/mol. The number of rotatable bonds is 9. The second kappa shape index (κ2) is 10.2. The van der Waals surface area contributed by atoms with E-state index >= 15 is 0 Å². The fraction of sp³-hybridized carbons (Fsp3) is 0.333. The topological polar surface area (TPSA) is 107 Å². The monoisotopic (exact) mass is 481 g/mol. The van der Waals surface area contributed by atoms with Gasteiger partial charge < -0.3 is 20.1 Å². The summed E-state index contributed by atoms with van der Waals surface area (Å²) < 4.78 is 12.5. The Kier molecular flexibility index (Phi) is 7.06. The number of methoxy groups -OCH3 is 2. The van der Waals surface area contributed by atoms with Crippen LogP contribution in [0.5, 0.6) is 11.5 Å². The third-order valence-corrected chi connectivity index (χ3v) is 6.37. The van der Waals surface area contributed by atoms with Gasteiger partial charge in [0.25, 0.3) is 0 Å². The van der Waals surface area contributed by atoms with Crippen LogP contribution in [0.15, 0.2) is 47.6 Å².